The van der Waals surface area contributed by atoms with E-state index in [2.05, 4.69) is 15.3 Å². The van der Waals surface area contributed by atoms with Crippen molar-refractivity contribution in [2.24, 2.45) is 5.92 Å². The summed E-state index contributed by atoms with van der Waals surface area (Å²) in [5.74, 6) is 0.614. The van der Waals surface area contributed by atoms with Crippen molar-refractivity contribution in [3.63, 3.8) is 0 Å². The predicted molar refractivity (Wildman–Crippen MR) is 103 cm³/mol. The largest absolute Gasteiger partial charge is 0.397 e. The van der Waals surface area contributed by atoms with Gasteiger partial charge in [0.2, 0.25) is 0 Å². The Labute approximate surface area is 157 Å². The first-order valence-electron chi connectivity index (χ1n) is 9.15. The van der Waals surface area contributed by atoms with E-state index in [4.69, 9.17) is 11.1 Å². The van der Waals surface area contributed by atoms with Crippen molar-refractivity contribution < 1.29 is 4.79 Å². The lowest BCUT2D eigenvalue weighted by Crippen LogP contribution is -2.38. The van der Waals surface area contributed by atoms with E-state index in [1.54, 1.807) is 18.5 Å². The number of amides is 2. The highest BCUT2D eigenvalue weighted by molar-refractivity contribution is 6.09. The van der Waals surface area contributed by atoms with E-state index in [-0.39, 0.29) is 11.9 Å². The minimum Gasteiger partial charge on any atom is -0.397 e. The number of urea groups is 1. The molecule has 2 aliphatic heterocycles. The van der Waals surface area contributed by atoms with E-state index in [1.165, 1.54) is 11.1 Å². The maximum absolute atomic E-state index is 12.8. The van der Waals surface area contributed by atoms with Crippen LogP contribution in [0.4, 0.5) is 10.5 Å². The average Bonchev–Trinajstić information content (AvgIpc) is 3.33. The lowest BCUT2D eigenvalue weighted by molar-refractivity contribution is 0.199. The van der Waals surface area contributed by atoms with E-state index in [0.717, 1.165) is 31.6 Å². The molecule has 0 bridgehead atoms. The van der Waals surface area contributed by atoms with Gasteiger partial charge in [-0.05, 0) is 43.6 Å². The van der Waals surface area contributed by atoms with Gasteiger partial charge in [-0.25, -0.2) is 4.79 Å². The van der Waals surface area contributed by atoms with Gasteiger partial charge in [0.15, 0.2) is 0 Å². The van der Waals surface area contributed by atoms with Gasteiger partial charge >= 0.3 is 6.03 Å². The van der Waals surface area contributed by atoms with E-state index in [1.807, 2.05) is 17.0 Å². The second-order valence-electron chi connectivity index (χ2n) is 6.99. The summed E-state index contributed by atoms with van der Waals surface area (Å²) in [6, 6.07) is 5.37. The van der Waals surface area contributed by atoms with Crippen LogP contribution >= 0.6 is 0 Å². The first kappa shape index (κ1) is 17.4. The highest BCUT2D eigenvalue weighted by Gasteiger charge is 2.34. The molecule has 2 aromatic rings. The first-order valence-corrected chi connectivity index (χ1v) is 9.15. The standard InChI is InChI=1S/C19H23N7O/c20-16-11-24-17(14-2-1-4-22-10-14)8-15(16)18(21)26-7-6-25(19(26)27)12-13-3-5-23-9-13/h1-2,4,8,10-11,13,21,23H,3,5-7,9,12,20H2. The topological polar surface area (TPSA) is 111 Å². The Morgan fingerprint density at radius 2 is 2.26 bits per heavy atom. The lowest BCUT2D eigenvalue weighted by atomic mass is 10.1. The third-order valence-electron chi connectivity index (χ3n) is 5.15. The fraction of sp³-hybridized carbons (Fsp3) is 0.368. The van der Waals surface area contributed by atoms with Crippen LogP contribution in [0.5, 0.6) is 0 Å². The van der Waals surface area contributed by atoms with E-state index in [0.29, 0.717) is 36.0 Å². The summed E-state index contributed by atoms with van der Waals surface area (Å²) in [4.78, 5) is 24.6. The van der Waals surface area contributed by atoms with Crippen LogP contribution < -0.4 is 11.1 Å². The maximum atomic E-state index is 12.8. The normalized spacial score (nSPS) is 19.7. The van der Waals surface area contributed by atoms with Crippen LogP contribution in [-0.2, 0) is 0 Å². The molecular formula is C19H23N7O. The number of aromatic nitrogens is 2. The van der Waals surface area contributed by atoms with Crippen molar-refractivity contribution in [3.8, 4) is 11.3 Å². The van der Waals surface area contributed by atoms with Crippen molar-refractivity contribution >= 4 is 17.6 Å². The zero-order chi connectivity index (χ0) is 18.8. The van der Waals surface area contributed by atoms with Crippen molar-refractivity contribution in [1.29, 1.82) is 5.41 Å². The second-order valence-corrected chi connectivity index (χ2v) is 6.99. The fourth-order valence-corrected chi connectivity index (χ4v) is 3.63. The van der Waals surface area contributed by atoms with Gasteiger partial charge in [0.1, 0.15) is 5.84 Å². The Kier molecular flexibility index (Phi) is 4.72. The van der Waals surface area contributed by atoms with Crippen molar-refractivity contribution in [3.05, 3.63) is 42.4 Å². The molecule has 0 saturated carbocycles. The van der Waals surface area contributed by atoms with Crippen LogP contribution in [0, 0.1) is 11.3 Å². The predicted octanol–water partition coefficient (Wildman–Crippen LogP) is 1.40. The van der Waals surface area contributed by atoms with Crippen LogP contribution in [0.15, 0.2) is 36.8 Å². The number of nitrogens with zero attached hydrogens (tertiary/aromatic N) is 4. The number of anilines is 1. The second kappa shape index (κ2) is 7.32. The third-order valence-corrected chi connectivity index (χ3v) is 5.15. The molecule has 1 atom stereocenters. The SMILES string of the molecule is N=C(c1cc(-c2cccnc2)ncc1N)N1CCN(CC2CCNC2)C1=O. The van der Waals surface area contributed by atoms with E-state index < -0.39 is 0 Å². The van der Waals surface area contributed by atoms with Crippen LogP contribution in [0.3, 0.4) is 0 Å². The molecule has 2 aliphatic rings. The molecule has 2 saturated heterocycles. The quantitative estimate of drug-likeness (QED) is 0.560. The monoisotopic (exact) mass is 365 g/mol. The number of hydrogen-bond acceptors (Lipinski definition) is 6. The van der Waals surface area contributed by atoms with Crippen LogP contribution in [-0.4, -0.2) is 64.4 Å². The molecule has 4 N–H and O–H groups in total. The fourth-order valence-electron chi connectivity index (χ4n) is 3.63. The summed E-state index contributed by atoms with van der Waals surface area (Å²) < 4.78 is 0. The molecule has 2 fully saturated rings. The average molecular weight is 365 g/mol. The molecule has 4 heterocycles. The summed E-state index contributed by atoms with van der Waals surface area (Å²) in [5.41, 5.74) is 8.49. The lowest BCUT2D eigenvalue weighted by Gasteiger charge is -2.22. The molecule has 27 heavy (non-hydrogen) atoms. The number of amidine groups is 1. The number of carbonyl (C=O) groups is 1. The smallest absolute Gasteiger partial charge is 0.325 e. The molecule has 0 aliphatic carbocycles. The van der Waals surface area contributed by atoms with Crippen LogP contribution in [0.1, 0.15) is 12.0 Å². The summed E-state index contributed by atoms with van der Waals surface area (Å²) in [6.07, 6.45) is 6.03. The Balaban J connectivity index is 1.53. The van der Waals surface area contributed by atoms with Gasteiger partial charge in [-0.2, -0.15) is 0 Å². The third kappa shape index (κ3) is 3.48. The summed E-state index contributed by atoms with van der Waals surface area (Å²) >= 11 is 0. The number of rotatable bonds is 4. The van der Waals surface area contributed by atoms with Gasteiger partial charge in [-0.15, -0.1) is 0 Å². The molecule has 0 spiro atoms. The molecule has 140 valence electrons. The Morgan fingerprint density at radius 1 is 1.37 bits per heavy atom. The molecule has 0 radical (unpaired) electrons. The maximum Gasteiger partial charge on any atom is 0.325 e. The molecule has 0 aromatic carbocycles. The number of hydrogen-bond donors (Lipinski definition) is 3. The molecule has 2 aromatic heterocycles. The minimum atomic E-state index is -0.119. The van der Waals surface area contributed by atoms with E-state index in [9.17, 15) is 4.79 Å². The van der Waals surface area contributed by atoms with Gasteiger partial charge in [-0.3, -0.25) is 20.3 Å². The number of nitrogens with two attached hydrogens (primary N) is 1. The Bertz CT molecular complexity index is 848. The molecule has 4 rings (SSSR count). The van der Waals surface area contributed by atoms with Gasteiger partial charge in [0.25, 0.3) is 0 Å². The number of nitrogens with one attached hydrogen (secondary N) is 2. The van der Waals surface area contributed by atoms with Gasteiger partial charge in [0.05, 0.1) is 17.6 Å². The van der Waals surface area contributed by atoms with Crippen LogP contribution in [0.25, 0.3) is 11.3 Å². The van der Waals surface area contributed by atoms with Crippen molar-refractivity contribution in [1.82, 2.24) is 25.1 Å². The number of pyridine rings is 2. The molecule has 1 unspecified atom stereocenters. The zero-order valence-electron chi connectivity index (χ0n) is 15.1. The Hall–Kier alpha value is -3.00. The molecule has 8 nitrogen and oxygen atoms in total. The molecular weight excluding hydrogens is 342 g/mol. The highest BCUT2D eigenvalue weighted by atomic mass is 16.2. The first-order chi connectivity index (χ1) is 13.1. The number of nitrogen functional groups attached to an aromatic ring is 1. The summed E-state index contributed by atoms with van der Waals surface area (Å²) in [5, 5.41) is 11.9. The van der Waals surface area contributed by atoms with Gasteiger partial charge < -0.3 is 16.0 Å². The molecule has 2 amide bonds. The minimum absolute atomic E-state index is 0.119. The van der Waals surface area contributed by atoms with E-state index >= 15 is 0 Å². The van der Waals surface area contributed by atoms with Gasteiger partial charge in [-0.1, -0.05) is 0 Å². The van der Waals surface area contributed by atoms with Crippen LogP contribution in [0.2, 0.25) is 0 Å². The Morgan fingerprint density at radius 3 is 3.00 bits per heavy atom. The van der Waals surface area contributed by atoms with Crippen molar-refractivity contribution in [2.75, 3.05) is 38.5 Å². The van der Waals surface area contributed by atoms with Gasteiger partial charge in [0, 0.05) is 43.2 Å². The van der Waals surface area contributed by atoms with Crippen molar-refractivity contribution in [2.45, 2.75) is 6.42 Å². The zero-order valence-corrected chi connectivity index (χ0v) is 15.1. The number of carbonyl (C=O) groups excluding carboxylic acids is 1. The highest BCUT2D eigenvalue weighted by Crippen LogP contribution is 2.24. The molecule has 8 heteroatoms. The summed E-state index contributed by atoms with van der Waals surface area (Å²) in [6.45, 7) is 3.84. The summed E-state index contributed by atoms with van der Waals surface area (Å²) in [7, 11) is 0.